The van der Waals surface area contributed by atoms with Gasteiger partial charge in [0.2, 0.25) is 0 Å². The number of hydrogen-bond donors (Lipinski definition) is 0. The van der Waals surface area contributed by atoms with Crippen molar-refractivity contribution in [2.75, 3.05) is 26.9 Å². The third-order valence-electron chi connectivity index (χ3n) is 3.35. The number of likely N-dealkylation sites (tertiary alicyclic amines) is 1. The molecule has 0 amide bonds. The normalized spacial score (nSPS) is 17.2. The zero-order valence-electron chi connectivity index (χ0n) is 13.5. The lowest BCUT2D eigenvalue weighted by Crippen LogP contribution is -2.35. The van der Waals surface area contributed by atoms with E-state index in [-0.39, 0.29) is 31.4 Å². The van der Waals surface area contributed by atoms with Crippen LogP contribution in [0.25, 0.3) is 0 Å². The van der Waals surface area contributed by atoms with Crippen LogP contribution in [0.4, 0.5) is 0 Å². The summed E-state index contributed by atoms with van der Waals surface area (Å²) in [5.74, 6) is -1.83. The predicted molar refractivity (Wildman–Crippen MR) is 77.7 cm³/mol. The van der Waals surface area contributed by atoms with E-state index in [1.807, 2.05) is 0 Å². The highest BCUT2D eigenvalue weighted by molar-refractivity contribution is 6.14. The van der Waals surface area contributed by atoms with E-state index in [9.17, 15) is 14.4 Å². The predicted octanol–water partition coefficient (Wildman–Crippen LogP) is 1.02. The molecule has 0 bridgehead atoms. The summed E-state index contributed by atoms with van der Waals surface area (Å²) < 4.78 is 14.9. The molecule has 1 heterocycles. The average molecular weight is 313 g/mol. The first-order chi connectivity index (χ1) is 10.5. The zero-order valence-corrected chi connectivity index (χ0v) is 13.5. The monoisotopic (exact) mass is 313 g/mol. The van der Waals surface area contributed by atoms with E-state index >= 15 is 0 Å². The minimum Gasteiger partial charge on any atom is -0.464 e. The first-order valence-electron chi connectivity index (χ1n) is 7.44. The molecule has 0 aromatic carbocycles. The summed E-state index contributed by atoms with van der Waals surface area (Å²) in [6.07, 6.45) is 0.889. The summed E-state index contributed by atoms with van der Waals surface area (Å²) in [5, 5.41) is 0. The van der Waals surface area contributed by atoms with Crippen LogP contribution >= 0.6 is 0 Å². The maximum atomic E-state index is 12.1. The Labute approximate surface area is 130 Å². The molecule has 1 atom stereocenters. The topological polar surface area (TPSA) is 82.1 Å². The van der Waals surface area contributed by atoms with Crippen LogP contribution in [-0.2, 0) is 28.6 Å². The second-order valence-corrected chi connectivity index (χ2v) is 4.68. The van der Waals surface area contributed by atoms with Gasteiger partial charge < -0.3 is 19.1 Å². The van der Waals surface area contributed by atoms with Gasteiger partial charge in [-0.05, 0) is 33.6 Å². The summed E-state index contributed by atoms with van der Waals surface area (Å²) in [5.41, 5.74) is 0.313. The van der Waals surface area contributed by atoms with Gasteiger partial charge >= 0.3 is 17.9 Å². The fourth-order valence-corrected chi connectivity index (χ4v) is 2.37. The summed E-state index contributed by atoms with van der Waals surface area (Å²) in [6, 6.07) is -0.506. The van der Waals surface area contributed by atoms with E-state index in [2.05, 4.69) is 0 Å². The van der Waals surface area contributed by atoms with Crippen molar-refractivity contribution in [3.8, 4) is 0 Å². The number of carbonyl (C=O) groups is 3. The highest BCUT2D eigenvalue weighted by atomic mass is 16.6. The van der Waals surface area contributed by atoms with Crippen LogP contribution in [-0.4, -0.2) is 55.7 Å². The molecule has 1 saturated heterocycles. The van der Waals surface area contributed by atoms with Crippen molar-refractivity contribution in [2.24, 2.45) is 0 Å². The van der Waals surface area contributed by atoms with Crippen LogP contribution in [0.5, 0.6) is 0 Å². The quantitative estimate of drug-likeness (QED) is 0.238. The van der Waals surface area contributed by atoms with Crippen LogP contribution in [0.2, 0.25) is 0 Å². The summed E-state index contributed by atoms with van der Waals surface area (Å²) >= 11 is 0. The summed E-state index contributed by atoms with van der Waals surface area (Å²) in [6.45, 7) is 5.63. The number of hydrogen-bond acceptors (Lipinski definition) is 7. The lowest BCUT2D eigenvalue weighted by molar-refractivity contribution is -0.149. The van der Waals surface area contributed by atoms with E-state index < -0.39 is 18.0 Å². The third kappa shape index (κ3) is 3.99. The van der Waals surface area contributed by atoms with Gasteiger partial charge in [-0.15, -0.1) is 0 Å². The van der Waals surface area contributed by atoms with Crippen molar-refractivity contribution in [3.05, 3.63) is 11.3 Å². The van der Waals surface area contributed by atoms with Crippen LogP contribution in [0.1, 0.15) is 33.6 Å². The van der Waals surface area contributed by atoms with E-state index in [0.29, 0.717) is 18.5 Å². The average Bonchev–Trinajstić information content (AvgIpc) is 2.82. The van der Waals surface area contributed by atoms with Crippen LogP contribution in [0.3, 0.4) is 0 Å². The Hall–Kier alpha value is -2.05. The van der Waals surface area contributed by atoms with Gasteiger partial charge in [0.25, 0.3) is 0 Å². The number of esters is 3. The van der Waals surface area contributed by atoms with Gasteiger partial charge in [-0.2, -0.15) is 0 Å². The molecule has 0 N–H and O–H groups in total. The highest BCUT2D eigenvalue weighted by Gasteiger charge is 2.38. The molecule has 0 aromatic heterocycles. The van der Waals surface area contributed by atoms with Gasteiger partial charge in [-0.3, -0.25) is 0 Å². The van der Waals surface area contributed by atoms with E-state index in [1.54, 1.807) is 32.7 Å². The fraction of sp³-hybridized carbons (Fsp3) is 0.667. The van der Waals surface area contributed by atoms with Gasteiger partial charge in [-0.25, -0.2) is 14.4 Å². The van der Waals surface area contributed by atoms with Crippen molar-refractivity contribution in [1.29, 1.82) is 0 Å². The molecule has 0 spiro atoms. The number of ether oxygens (including phenoxy) is 3. The number of nitrogens with zero attached hydrogens (tertiary/aromatic N) is 1. The number of carbonyl (C=O) groups excluding carboxylic acids is 3. The first-order valence-corrected chi connectivity index (χ1v) is 7.44. The Bertz CT molecular complexity index is 451. The van der Waals surface area contributed by atoms with Crippen LogP contribution in [0, 0.1) is 0 Å². The smallest absolute Gasteiger partial charge is 0.347 e. The van der Waals surface area contributed by atoms with Gasteiger partial charge in [0.1, 0.15) is 6.04 Å². The summed E-state index contributed by atoms with van der Waals surface area (Å²) in [4.78, 5) is 37.6. The zero-order chi connectivity index (χ0) is 16.7. The molecule has 0 aromatic rings. The van der Waals surface area contributed by atoms with E-state index in [4.69, 9.17) is 14.2 Å². The lowest BCUT2D eigenvalue weighted by atomic mass is 10.1. The molecule has 0 saturated carbocycles. The van der Waals surface area contributed by atoms with Gasteiger partial charge in [0, 0.05) is 12.7 Å². The number of allylic oxidation sites excluding steroid dienone is 1. The van der Waals surface area contributed by atoms with E-state index in [1.165, 1.54) is 0 Å². The third-order valence-corrected chi connectivity index (χ3v) is 3.35. The molecule has 0 aliphatic carbocycles. The molecule has 1 aliphatic heterocycles. The molecule has 124 valence electrons. The Morgan fingerprint density at radius 1 is 1.00 bits per heavy atom. The van der Waals surface area contributed by atoms with Crippen molar-refractivity contribution < 1.29 is 28.6 Å². The van der Waals surface area contributed by atoms with Gasteiger partial charge in [0.15, 0.2) is 5.57 Å². The Morgan fingerprint density at radius 3 is 1.95 bits per heavy atom. The van der Waals surface area contributed by atoms with Crippen molar-refractivity contribution in [1.82, 2.24) is 4.90 Å². The standard InChI is InChI=1S/C15H23NO6/c1-5-20-13(17)11-9-8-10(16(11)4)12(14(18)21-6-2)15(19)22-7-3/h11H,5-9H2,1-4H3/t11-/m0/s1. The molecule has 7 nitrogen and oxygen atoms in total. The van der Waals surface area contributed by atoms with Gasteiger partial charge in [0.05, 0.1) is 19.8 Å². The molecule has 1 aliphatic rings. The maximum absolute atomic E-state index is 12.1. The van der Waals surface area contributed by atoms with Crippen molar-refractivity contribution in [2.45, 2.75) is 39.7 Å². The molecule has 7 heteroatoms. The molecular formula is C15H23NO6. The Morgan fingerprint density at radius 2 is 1.50 bits per heavy atom. The van der Waals surface area contributed by atoms with Crippen molar-refractivity contribution in [3.63, 3.8) is 0 Å². The second-order valence-electron chi connectivity index (χ2n) is 4.68. The first kappa shape index (κ1) is 18.0. The molecular weight excluding hydrogens is 290 g/mol. The highest BCUT2D eigenvalue weighted by Crippen LogP contribution is 2.30. The Balaban J connectivity index is 3.10. The lowest BCUT2D eigenvalue weighted by Gasteiger charge is -2.22. The largest absolute Gasteiger partial charge is 0.464 e. The second kappa shape index (κ2) is 8.41. The van der Waals surface area contributed by atoms with Gasteiger partial charge in [-0.1, -0.05) is 0 Å². The minimum atomic E-state index is -0.729. The minimum absolute atomic E-state index is 0.141. The number of rotatable bonds is 6. The van der Waals surface area contributed by atoms with Crippen LogP contribution in [0.15, 0.2) is 11.3 Å². The SMILES string of the molecule is CCOC(=O)C(C(=O)OCC)=C1CC[C@@H](C(=O)OCC)N1C. The molecule has 1 fully saturated rings. The molecule has 1 rings (SSSR count). The summed E-state index contributed by atoms with van der Waals surface area (Å²) in [7, 11) is 1.66. The molecule has 22 heavy (non-hydrogen) atoms. The van der Waals surface area contributed by atoms with Crippen molar-refractivity contribution >= 4 is 17.9 Å². The van der Waals surface area contributed by atoms with E-state index in [0.717, 1.165) is 0 Å². The number of likely N-dealkylation sites (N-methyl/N-ethyl adjacent to an activating group) is 1. The fourth-order valence-electron chi connectivity index (χ4n) is 2.37. The molecule has 0 radical (unpaired) electrons. The molecule has 0 unspecified atom stereocenters. The van der Waals surface area contributed by atoms with Crippen LogP contribution < -0.4 is 0 Å². The Kier molecular flexibility index (Phi) is 6.88. The maximum Gasteiger partial charge on any atom is 0.347 e.